The number of sulfone groups is 1. The maximum atomic E-state index is 17.3. The van der Waals surface area contributed by atoms with Crippen LogP contribution in [-0.2, 0) is 14.6 Å². The van der Waals surface area contributed by atoms with Crippen LogP contribution in [0.25, 0.3) is 27.7 Å². The number of pyridine rings is 2. The van der Waals surface area contributed by atoms with Crippen LogP contribution in [0.3, 0.4) is 0 Å². The number of aryl methyl sites for hydroxylation is 1. The third kappa shape index (κ3) is 5.27. The number of phenolic OH excluding ortho intramolecular Hbond substituents is 1. The number of aromatic nitrogens is 2. The number of hydrogen-bond acceptors (Lipinski definition) is 7. The van der Waals surface area contributed by atoms with Crippen LogP contribution in [-0.4, -0.2) is 66.3 Å². The highest BCUT2D eigenvalue weighted by atomic mass is 35.5. The highest BCUT2D eigenvalue weighted by molar-refractivity contribution is 7.90. The monoisotopic (exact) mass is 682 g/mol. The molecule has 0 spiro atoms. The van der Waals surface area contributed by atoms with E-state index in [1.165, 1.54) is 24.3 Å². The fourth-order valence-electron chi connectivity index (χ4n) is 7.06. The standard InChI is InChI=1S/C34H33ClF2N4O5S/c1-6-25(43)39-13-19-15-40(16-20(19)14-39)32-21-12-22(35)26(27-23(36)8-7-9-24(27)42)28(37)31(21)41(34(44)33(32)47(5,45)46)30-18(4)10-11-38-29(30)17(2)3/h6-12,17,19-20,42H,1,13-16H2,2-5H3/t19-,20+. The predicted molar refractivity (Wildman–Crippen MR) is 177 cm³/mol. The molecule has 1 amide bonds. The predicted octanol–water partition coefficient (Wildman–Crippen LogP) is 5.61. The molecule has 1 N–H and O–H groups in total. The lowest BCUT2D eigenvalue weighted by atomic mass is 9.98. The lowest BCUT2D eigenvalue weighted by molar-refractivity contribution is -0.125. The van der Waals surface area contributed by atoms with Crippen LogP contribution < -0.4 is 10.5 Å². The quantitative estimate of drug-likeness (QED) is 0.263. The van der Waals surface area contributed by atoms with E-state index in [1.807, 2.05) is 13.8 Å². The van der Waals surface area contributed by atoms with Crippen molar-refractivity contribution >= 4 is 43.9 Å². The van der Waals surface area contributed by atoms with Gasteiger partial charge >= 0.3 is 0 Å². The summed E-state index contributed by atoms with van der Waals surface area (Å²) in [4.78, 5) is 34.4. The van der Waals surface area contributed by atoms with Crippen LogP contribution in [0.15, 0.2) is 58.9 Å². The van der Waals surface area contributed by atoms with Gasteiger partial charge in [-0.05, 0) is 48.7 Å². The second-order valence-corrected chi connectivity index (χ2v) is 14.9. The lowest BCUT2D eigenvalue weighted by Crippen LogP contribution is -2.35. The highest BCUT2D eigenvalue weighted by Gasteiger charge is 2.44. The van der Waals surface area contributed by atoms with E-state index in [2.05, 4.69) is 11.6 Å². The molecule has 2 aromatic carbocycles. The summed E-state index contributed by atoms with van der Waals surface area (Å²) in [5.74, 6) is -3.21. The molecule has 13 heteroatoms. The molecule has 4 heterocycles. The lowest BCUT2D eigenvalue weighted by Gasteiger charge is -2.28. The van der Waals surface area contributed by atoms with E-state index in [-0.39, 0.29) is 64.1 Å². The minimum Gasteiger partial charge on any atom is -0.507 e. The molecular formula is C34H33ClF2N4O5S. The third-order valence-corrected chi connectivity index (χ3v) is 10.5. The Morgan fingerprint density at radius 3 is 2.34 bits per heavy atom. The number of benzene rings is 2. The Morgan fingerprint density at radius 2 is 1.77 bits per heavy atom. The maximum Gasteiger partial charge on any atom is 0.276 e. The Bertz CT molecular complexity index is 2130. The van der Waals surface area contributed by atoms with Crippen LogP contribution in [0, 0.1) is 30.4 Å². The van der Waals surface area contributed by atoms with Gasteiger partial charge in [-0.2, -0.15) is 0 Å². The Balaban J connectivity index is 1.75. The first-order valence-corrected chi connectivity index (χ1v) is 17.3. The maximum absolute atomic E-state index is 17.3. The topological polar surface area (TPSA) is 113 Å². The zero-order valence-corrected chi connectivity index (χ0v) is 27.8. The van der Waals surface area contributed by atoms with Gasteiger partial charge in [-0.25, -0.2) is 17.2 Å². The van der Waals surface area contributed by atoms with Gasteiger partial charge in [-0.1, -0.05) is 38.1 Å². The normalized spacial score (nSPS) is 18.0. The average Bonchev–Trinajstić information content (AvgIpc) is 3.57. The first kappa shape index (κ1) is 32.6. The fourth-order valence-corrected chi connectivity index (χ4v) is 8.34. The highest BCUT2D eigenvalue weighted by Crippen LogP contribution is 2.46. The van der Waals surface area contributed by atoms with E-state index in [0.29, 0.717) is 24.3 Å². The molecule has 0 aliphatic carbocycles. The van der Waals surface area contributed by atoms with Crippen molar-refractivity contribution in [2.24, 2.45) is 11.8 Å². The molecule has 0 bridgehead atoms. The average molecular weight is 683 g/mol. The number of aromatic hydroxyl groups is 1. The van der Waals surface area contributed by atoms with Gasteiger partial charge in [0.2, 0.25) is 5.91 Å². The zero-order valence-electron chi connectivity index (χ0n) is 26.2. The van der Waals surface area contributed by atoms with E-state index < -0.39 is 48.8 Å². The summed E-state index contributed by atoms with van der Waals surface area (Å²) >= 11 is 6.71. The minimum absolute atomic E-state index is 0.0162. The number of fused-ring (bicyclic) bond motifs is 2. The smallest absolute Gasteiger partial charge is 0.276 e. The molecular weight excluding hydrogens is 650 g/mol. The fraction of sp³-hybridized carbons (Fsp3) is 0.324. The number of phenols is 1. The van der Waals surface area contributed by atoms with E-state index in [4.69, 9.17) is 11.6 Å². The summed E-state index contributed by atoms with van der Waals surface area (Å²) in [7, 11) is -4.26. The third-order valence-electron chi connectivity index (χ3n) is 9.11. The van der Waals surface area contributed by atoms with Crippen molar-refractivity contribution in [3.05, 3.63) is 87.5 Å². The molecule has 47 heavy (non-hydrogen) atoms. The van der Waals surface area contributed by atoms with Crippen molar-refractivity contribution < 1.29 is 27.1 Å². The number of anilines is 1. The molecule has 0 radical (unpaired) electrons. The molecule has 2 saturated heterocycles. The summed E-state index contributed by atoms with van der Waals surface area (Å²) in [5, 5.41) is 10.4. The van der Waals surface area contributed by atoms with Crippen LogP contribution in [0.1, 0.15) is 31.0 Å². The second kappa shape index (κ2) is 11.7. The van der Waals surface area contributed by atoms with Gasteiger partial charge in [-0.15, -0.1) is 0 Å². The zero-order chi connectivity index (χ0) is 34.1. The summed E-state index contributed by atoms with van der Waals surface area (Å²) in [6, 6.07) is 6.45. The molecule has 9 nitrogen and oxygen atoms in total. The van der Waals surface area contributed by atoms with Gasteiger partial charge in [0.1, 0.15) is 11.6 Å². The van der Waals surface area contributed by atoms with Crippen LogP contribution in [0.5, 0.6) is 5.75 Å². The molecule has 2 atom stereocenters. The Morgan fingerprint density at radius 1 is 1.11 bits per heavy atom. The van der Waals surface area contributed by atoms with Gasteiger partial charge in [-0.3, -0.25) is 19.1 Å². The van der Waals surface area contributed by atoms with Crippen molar-refractivity contribution in [1.29, 1.82) is 0 Å². The van der Waals surface area contributed by atoms with E-state index in [9.17, 15) is 23.1 Å². The van der Waals surface area contributed by atoms with Gasteiger partial charge in [0.25, 0.3) is 5.56 Å². The van der Waals surface area contributed by atoms with E-state index in [1.54, 1.807) is 29.0 Å². The van der Waals surface area contributed by atoms with Crippen molar-refractivity contribution in [3.8, 4) is 22.6 Å². The van der Waals surface area contributed by atoms with Gasteiger partial charge < -0.3 is 14.9 Å². The second-order valence-electron chi connectivity index (χ2n) is 12.6. The number of halogens is 3. The molecule has 6 rings (SSSR count). The van der Waals surface area contributed by atoms with Gasteiger partial charge in [0.05, 0.1) is 33.2 Å². The number of amides is 1. The first-order chi connectivity index (χ1) is 22.1. The van der Waals surface area contributed by atoms with Crippen molar-refractivity contribution in [3.63, 3.8) is 0 Å². The van der Waals surface area contributed by atoms with Crippen molar-refractivity contribution in [2.75, 3.05) is 37.3 Å². The largest absolute Gasteiger partial charge is 0.507 e. The molecule has 0 unspecified atom stereocenters. The SMILES string of the molecule is C=CC(=O)N1C[C@@H]2CN(c3c(S(C)(=O)=O)c(=O)n(-c4c(C)ccnc4C(C)C)c4c(F)c(-c5c(O)cccc5F)c(Cl)cc34)C[C@@H]2C1. The molecule has 2 aromatic heterocycles. The van der Waals surface area contributed by atoms with E-state index in [0.717, 1.165) is 16.9 Å². The van der Waals surface area contributed by atoms with Gasteiger partial charge in [0.15, 0.2) is 20.5 Å². The molecule has 0 saturated carbocycles. The summed E-state index contributed by atoms with van der Waals surface area (Å²) in [5.41, 5.74) is -1.21. The van der Waals surface area contributed by atoms with Crippen LogP contribution in [0.2, 0.25) is 5.02 Å². The molecule has 246 valence electrons. The summed E-state index contributed by atoms with van der Waals surface area (Å²) < 4.78 is 60.8. The Hall–Kier alpha value is -4.29. The minimum atomic E-state index is -4.26. The van der Waals surface area contributed by atoms with Crippen LogP contribution in [0.4, 0.5) is 14.5 Å². The number of rotatable bonds is 6. The Labute approximate surface area is 275 Å². The molecule has 4 aromatic rings. The van der Waals surface area contributed by atoms with Crippen molar-refractivity contribution in [1.82, 2.24) is 14.5 Å². The Kier molecular flexibility index (Phi) is 8.16. The number of nitrogens with zero attached hydrogens (tertiary/aromatic N) is 4. The number of likely N-dealkylation sites (tertiary alicyclic amines) is 1. The molecule has 2 aliphatic rings. The van der Waals surface area contributed by atoms with E-state index >= 15 is 8.78 Å². The summed E-state index contributed by atoms with van der Waals surface area (Å²) in [6.07, 6.45) is 3.72. The molecule has 2 aliphatic heterocycles. The molecule has 2 fully saturated rings. The van der Waals surface area contributed by atoms with Crippen LogP contribution >= 0.6 is 11.6 Å². The summed E-state index contributed by atoms with van der Waals surface area (Å²) in [6.45, 7) is 10.3. The van der Waals surface area contributed by atoms with Crippen molar-refractivity contribution in [2.45, 2.75) is 31.6 Å². The van der Waals surface area contributed by atoms with Gasteiger partial charge in [0, 0.05) is 61.4 Å². The number of carbonyl (C=O) groups is 1. The number of hydrogen-bond donors (Lipinski definition) is 1. The first-order valence-electron chi connectivity index (χ1n) is 15.1. The number of carbonyl (C=O) groups excluding carboxylic acids is 1.